The van der Waals surface area contributed by atoms with Crippen LogP contribution in [-0.4, -0.2) is 59.9 Å². The summed E-state index contributed by atoms with van der Waals surface area (Å²) in [5.74, 6) is -0.631. The van der Waals surface area contributed by atoms with E-state index in [1.54, 1.807) is 0 Å². The largest absolute Gasteiger partial charge is 0.328 e. The van der Waals surface area contributed by atoms with Gasteiger partial charge in [0, 0.05) is 28.1 Å². The zero-order valence-corrected chi connectivity index (χ0v) is 8.64. The molecule has 0 spiro atoms. The summed E-state index contributed by atoms with van der Waals surface area (Å²) in [6.45, 7) is 1.35. The van der Waals surface area contributed by atoms with Crippen LogP contribution in [0.15, 0.2) is 0 Å². The van der Waals surface area contributed by atoms with E-state index < -0.39 is 12.2 Å². The van der Waals surface area contributed by atoms with Crippen molar-refractivity contribution in [3.63, 3.8) is 0 Å². The van der Waals surface area contributed by atoms with E-state index in [-0.39, 0.29) is 11.8 Å². The molecule has 0 aromatic carbocycles. The van der Waals surface area contributed by atoms with E-state index in [2.05, 4.69) is 0 Å². The number of carbonyl (C=O) groups excluding carboxylic acids is 3. The molecule has 0 aliphatic carbocycles. The van der Waals surface area contributed by atoms with E-state index in [0.717, 1.165) is 4.90 Å². The first-order chi connectivity index (χ1) is 6.37. The average molecular weight is 199 g/mol. The van der Waals surface area contributed by atoms with E-state index in [9.17, 15) is 14.4 Å². The molecule has 0 aromatic rings. The van der Waals surface area contributed by atoms with Crippen LogP contribution in [0.3, 0.4) is 0 Å². The Morgan fingerprint density at radius 1 is 1.36 bits per heavy atom. The van der Waals surface area contributed by atoms with Gasteiger partial charge in [0.25, 0.3) is 5.91 Å². The number of hydrogen-bond donors (Lipinski definition) is 0. The fraction of sp³-hybridized carbons (Fsp3) is 0.625. The molecule has 78 valence electrons. The molecule has 0 N–H and O–H groups in total. The second kappa shape index (κ2) is 3.28. The molecule has 6 nitrogen and oxygen atoms in total. The average Bonchev–Trinajstić information content (AvgIpc) is 2.30. The molecule has 0 bridgehead atoms. The van der Waals surface area contributed by atoms with Crippen molar-refractivity contribution in [2.75, 3.05) is 21.1 Å². The second-order valence-corrected chi connectivity index (χ2v) is 3.29. The number of hydrogen-bond acceptors (Lipinski definition) is 3. The number of rotatable bonds is 1. The third-order valence-electron chi connectivity index (χ3n) is 2.37. The summed E-state index contributed by atoms with van der Waals surface area (Å²) in [6, 6.07) is -0.395. The molecule has 0 saturated carbocycles. The number of amides is 4. The lowest BCUT2D eigenvalue weighted by molar-refractivity contribution is -0.141. The highest BCUT2D eigenvalue weighted by Gasteiger charge is 2.43. The van der Waals surface area contributed by atoms with Gasteiger partial charge >= 0.3 is 6.03 Å². The summed E-state index contributed by atoms with van der Waals surface area (Å²) in [5.41, 5.74) is 0. The van der Waals surface area contributed by atoms with Crippen molar-refractivity contribution >= 4 is 17.8 Å². The Morgan fingerprint density at radius 3 is 2.14 bits per heavy atom. The molecule has 1 fully saturated rings. The lowest BCUT2D eigenvalue weighted by atomic mass is 10.4. The highest BCUT2D eigenvalue weighted by Crippen LogP contribution is 2.16. The van der Waals surface area contributed by atoms with E-state index in [1.165, 1.54) is 37.9 Å². The van der Waals surface area contributed by atoms with Crippen molar-refractivity contribution in [2.45, 2.75) is 13.1 Å². The third-order valence-corrected chi connectivity index (χ3v) is 2.37. The predicted molar refractivity (Wildman–Crippen MR) is 48.2 cm³/mol. The zero-order valence-electron chi connectivity index (χ0n) is 8.64. The van der Waals surface area contributed by atoms with Crippen LogP contribution in [-0.2, 0) is 9.59 Å². The number of urea groups is 1. The highest BCUT2D eigenvalue weighted by molar-refractivity contribution is 6.04. The Labute approximate surface area is 82.1 Å². The van der Waals surface area contributed by atoms with Gasteiger partial charge in [-0.2, -0.15) is 0 Å². The van der Waals surface area contributed by atoms with Crippen molar-refractivity contribution in [3.8, 4) is 0 Å². The summed E-state index contributed by atoms with van der Waals surface area (Å²) in [6.07, 6.45) is -0.801. The maximum Gasteiger partial charge on any atom is 0.328 e. The summed E-state index contributed by atoms with van der Waals surface area (Å²) in [7, 11) is 4.39. The molecule has 1 atom stereocenters. The minimum absolute atomic E-state index is 0.252. The van der Waals surface area contributed by atoms with Gasteiger partial charge in [-0.15, -0.1) is 0 Å². The second-order valence-electron chi connectivity index (χ2n) is 3.29. The van der Waals surface area contributed by atoms with Gasteiger partial charge in [-0.3, -0.25) is 19.4 Å². The normalized spacial score (nSPS) is 21.9. The van der Waals surface area contributed by atoms with Gasteiger partial charge in [0.15, 0.2) is 6.17 Å². The lowest BCUT2D eigenvalue weighted by Crippen LogP contribution is -2.47. The number of likely N-dealkylation sites (N-methyl/N-ethyl adjacent to an activating group) is 3. The molecule has 0 aromatic heterocycles. The van der Waals surface area contributed by atoms with Crippen LogP contribution < -0.4 is 0 Å². The van der Waals surface area contributed by atoms with Crippen LogP contribution >= 0.6 is 0 Å². The molecule has 14 heavy (non-hydrogen) atoms. The molecule has 1 rings (SSSR count). The molecule has 1 unspecified atom stereocenters. The van der Waals surface area contributed by atoms with Crippen molar-refractivity contribution in [1.29, 1.82) is 0 Å². The lowest BCUT2D eigenvalue weighted by Gasteiger charge is -2.25. The Kier molecular flexibility index (Phi) is 2.46. The van der Waals surface area contributed by atoms with Crippen molar-refractivity contribution in [1.82, 2.24) is 14.7 Å². The zero-order chi connectivity index (χ0) is 11.0. The quantitative estimate of drug-likeness (QED) is 0.525. The first-order valence-electron chi connectivity index (χ1n) is 4.15. The summed E-state index contributed by atoms with van der Waals surface area (Å²) in [4.78, 5) is 37.4. The summed E-state index contributed by atoms with van der Waals surface area (Å²) in [5, 5.41) is 0. The maximum absolute atomic E-state index is 11.5. The van der Waals surface area contributed by atoms with Gasteiger partial charge in [0.1, 0.15) is 0 Å². The Hall–Kier alpha value is -1.59. The summed E-state index contributed by atoms with van der Waals surface area (Å²) < 4.78 is 0. The molecule has 1 aliphatic rings. The van der Waals surface area contributed by atoms with Gasteiger partial charge in [-0.1, -0.05) is 0 Å². The Bertz CT molecular complexity index is 298. The topological polar surface area (TPSA) is 60.9 Å². The molecule has 4 amide bonds. The number of nitrogens with zero attached hydrogens (tertiary/aromatic N) is 3. The fourth-order valence-electron chi connectivity index (χ4n) is 1.37. The monoisotopic (exact) mass is 199 g/mol. The van der Waals surface area contributed by atoms with Gasteiger partial charge < -0.3 is 4.90 Å². The molecule has 6 heteroatoms. The van der Waals surface area contributed by atoms with Crippen LogP contribution in [0.5, 0.6) is 0 Å². The third kappa shape index (κ3) is 1.32. The SMILES string of the molecule is CC(=O)N(C)C1C(=O)N(C)C(=O)N1C. The number of carbonyl (C=O) groups is 3. The van der Waals surface area contributed by atoms with Crippen LogP contribution in [0.25, 0.3) is 0 Å². The van der Waals surface area contributed by atoms with Crippen LogP contribution in [0, 0.1) is 0 Å². The molecule has 1 heterocycles. The van der Waals surface area contributed by atoms with Crippen LogP contribution in [0.4, 0.5) is 4.79 Å². The number of imide groups is 1. The van der Waals surface area contributed by atoms with Gasteiger partial charge in [-0.05, 0) is 0 Å². The smallest absolute Gasteiger partial charge is 0.317 e. The Balaban J connectivity index is 2.95. The van der Waals surface area contributed by atoms with E-state index in [0.29, 0.717) is 0 Å². The minimum atomic E-state index is -0.801. The van der Waals surface area contributed by atoms with Crippen LogP contribution in [0.1, 0.15) is 6.92 Å². The van der Waals surface area contributed by atoms with E-state index in [4.69, 9.17) is 0 Å². The summed E-state index contributed by atoms with van der Waals surface area (Å²) >= 11 is 0. The minimum Gasteiger partial charge on any atom is -0.317 e. The first kappa shape index (κ1) is 10.5. The van der Waals surface area contributed by atoms with Crippen molar-refractivity contribution in [3.05, 3.63) is 0 Å². The van der Waals surface area contributed by atoms with Crippen LogP contribution in [0.2, 0.25) is 0 Å². The van der Waals surface area contributed by atoms with Crippen molar-refractivity contribution < 1.29 is 14.4 Å². The molecular weight excluding hydrogens is 186 g/mol. The van der Waals surface area contributed by atoms with Gasteiger partial charge in [0.05, 0.1) is 0 Å². The van der Waals surface area contributed by atoms with E-state index in [1.807, 2.05) is 0 Å². The van der Waals surface area contributed by atoms with Gasteiger partial charge in [-0.25, -0.2) is 4.79 Å². The fourth-order valence-corrected chi connectivity index (χ4v) is 1.37. The molecule has 1 saturated heterocycles. The first-order valence-corrected chi connectivity index (χ1v) is 4.15. The molecule has 1 aliphatic heterocycles. The van der Waals surface area contributed by atoms with Gasteiger partial charge in [0.2, 0.25) is 5.91 Å². The standard InChI is InChI=1S/C8H13N3O3/c1-5(12)9(2)6-7(13)11(4)8(14)10(6)3/h6H,1-4H3. The van der Waals surface area contributed by atoms with E-state index >= 15 is 0 Å². The maximum atomic E-state index is 11.5. The molecule has 0 radical (unpaired) electrons. The predicted octanol–water partition coefficient (Wildman–Crippen LogP) is -0.685. The highest BCUT2D eigenvalue weighted by atomic mass is 16.2. The van der Waals surface area contributed by atoms with Crippen molar-refractivity contribution in [2.24, 2.45) is 0 Å². The Morgan fingerprint density at radius 2 is 1.86 bits per heavy atom. The molecular formula is C8H13N3O3.